The highest BCUT2D eigenvalue weighted by Crippen LogP contribution is 2.18. The molecule has 1 aliphatic rings. The average Bonchev–Trinajstić information content (AvgIpc) is 2.48. The van der Waals surface area contributed by atoms with Crippen LogP contribution in [0.2, 0.25) is 0 Å². The van der Waals surface area contributed by atoms with Gasteiger partial charge in [0, 0.05) is 31.7 Å². The molecule has 0 aliphatic carbocycles. The molecule has 0 saturated carbocycles. The Hall–Kier alpha value is -1.06. The van der Waals surface area contributed by atoms with Gasteiger partial charge in [-0.2, -0.15) is 0 Å². The first-order valence-electron chi connectivity index (χ1n) is 7.37. The maximum Gasteiger partial charge on any atom is 0.118 e. The average molecular weight is 262 g/mol. The number of hydrogen-bond acceptors (Lipinski definition) is 3. The maximum absolute atomic E-state index is 5.21. The summed E-state index contributed by atoms with van der Waals surface area (Å²) in [6.07, 6.45) is 2.41. The highest BCUT2D eigenvalue weighted by Gasteiger charge is 2.25. The van der Waals surface area contributed by atoms with E-state index in [1.165, 1.54) is 18.4 Å². The zero-order valence-electron chi connectivity index (χ0n) is 12.4. The molecule has 0 amide bonds. The van der Waals surface area contributed by atoms with Crippen LogP contribution in [0.15, 0.2) is 24.3 Å². The van der Waals surface area contributed by atoms with Gasteiger partial charge in [0.05, 0.1) is 7.11 Å². The summed E-state index contributed by atoms with van der Waals surface area (Å²) in [5.41, 5.74) is 1.37. The van der Waals surface area contributed by atoms with Crippen LogP contribution < -0.4 is 10.1 Å². The van der Waals surface area contributed by atoms with Gasteiger partial charge < -0.3 is 10.1 Å². The molecule has 3 nitrogen and oxygen atoms in total. The minimum absolute atomic E-state index is 0.640. The van der Waals surface area contributed by atoms with E-state index in [-0.39, 0.29) is 0 Å². The number of hydrogen-bond donors (Lipinski definition) is 1. The van der Waals surface area contributed by atoms with Crippen molar-refractivity contribution in [2.24, 2.45) is 0 Å². The van der Waals surface area contributed by atoms with Crippen molar-refractivity contribution in [3.8, 4) is 5.75 Å². The van der Waals surface area contributed by atoms with E-state index in [9.17, 15) is 0 Å². The third kappa shape index (κ3) is 3.71. The van der Waals surface area contributed by atoms with Crippen LogP contribution in [0.3, 0.4) is 0 Å². The van der Waals surface area contributed by atoms with Crippen molar-refractivity contribution in [3.63, 3.8) is 0 Å². The van der Waals surface area contributed by atoms with Crippen molar-refractivity contribution >= 4 is 0 Å². The number of ether oxygens (including phenoxy) is 1. The highest BCUT2D eigenvalue weighted by atomic mass is 16.5. The number of rotatable bonds is 5. The van der Waals surface area contributed by atoms with Gasteiger partial charge in [-0.1, -0.05) is 26.0 Å². The Bertz CT molecular complexity index is 377. The molecule has 0 bridgehead atoms. The predicted molar refractivity (Wildman–Crippen MR) is 79.6 cm³/mol. The molecule has 1 heterocycles. The Morgan fingerprint density at radius 3 is 2.53 bits per heavy atom. The Morgan fingerprint density at radius 2 is 1.95 bits per heavy atom. The standard InChI is InChI=1S/C16H26N2O/c1-4-14-12-18(15(5-2)10-17-14)11-13-6-8-16(19-3)9-7-13/h6-9,14-15,17H,4-5,10-12H2,1-3H3. The van der Waals surface area contributed by atoms with Gasteiger partial charge in [-0.05, 0) is 30.5 Å². The third-order valence-corrected chi connectivity index (χ3v) is 4.12. The van der Waals surface area contributed by atoms with E-state index in [2.05, 4.69) is 48.3 Å². The van der Waals surface area contributed by atoms with Crippen LogP contribution in [0.4, 0.5) is 0 Å². The number of benzene rings is 1. The second-order valence-electron chi connectivity index (χ2n) is 5.35. The van der Waals surface area contributed by atoms with Gasteiger partial charge in [0.2, 0.25) is 0 Å². The lowest BCUT2D eigenvalue weighted by atomic mass is 10.0. The van der Waals surface area contributed by atoms with Crippen LogP contribution >= 0.6 is 0 Å². The SMILES string of the molecule is CCC1CN(Cc2ccc(OC)cc2)C(CC)CN1. The molecule has 0 radical (unpaired) electrons. The minimum Gasteiger partial charge on any atom is -0.497 e. The maximum atomic E-state index is 5.21. The van der Waals surface area contributed by atoms with Crippen molar-refractivity contribution < 1.29 is 4.74 Å². The van der Waals surface area contributed by atoms with Gasteiger partial charge in [-0.3, -0.25) is 4.90 Å². The Labute approximate surface area is 116 Å². The summed E-state index contributed by atoms with van der Waals surface area (Å²) in [5.74, 6) is 0.933. The van der Waals surface area contributed by atoms with Gasteiger partial charge >= 0.3 is 0 Å². The molecule has 1 aromatic rings. The quantitative estimate of drug-likeness (QED) is 0.883. The summed E-state index contributed by atoms with van der Waals surface area (Å²) in [4.78, 5) is 2.62. The molecule has 2 atom stereocenters. The van der Waals surface area contributed by atoms with Gasteiger partial charge in [0.15, 0.2) is 0 Å². The molecule has 2 rings (SSSR count). The van der Waals surface area contributed by atoms with E-state index in [0.717, 1.165) is 25.4 Å². The number of piperazine rings is 1. The van der Waals surface area contributed by atoms with Gasteiger partial charge in [0.1, 0.15) is 5.75 Å². The zero-order chi connectivity index (χ0) is 13.7. The third-order valence-electron chi connectivity index (χ3n) is 4.12. The van der Waals surface area contributed by atoms with Crippen LogP contribution in [-0.2, 0) is 6.54 Å². The van der Waals surface area contributed by atoms with Crippen LogP contribution in [0.1, 0.15) is 32.3 Å². The normalized spacial score (nSPS) is 24.4. The topological polar surface area (TPSA) is 24.5 Å². The molecule has 1 saturated heterocycles. The molecule has 0 aromatic heterocycles. The van der Waals surface area contributed by atoms with E-state index in [1.54, 1.807) is 7.11 Å². The van der Waals surface area contributed by atoms with E-state index in [0.29, 0.717) is 12.1 Å². The summed E-state index contributed by atoms with van der Waals surface area (Å²) < 4.78 is 5.21. The first-order valence-corrected chi connectivity index (χ1v) is 7.37. The van der Waals surface area contributed by atoms with E-state index in [4.69, 9.17) is 4.74 Å². The molecule has 1 aliphatic heterocycles. The smallest absolute Gasteiger partial charge is 0.118 e. The monoisotopic (exact) mass is 262 g/mol. The van der Waals surface area contributed by atoms with Gasteiger partial charge in [0.25, 0.3) is 0 Å². The highest BCUT2D eigenvalue weighted by molar-refractivity contribution is 5.27. The van der Waals surface area contributed by atoms with E-state index in [1.807, 2.05) is 0 Å². The first-order chi connectivity index (χ1) is 9.26. The minimum atomic E-state index is 0.640. The van der Waals surface area contributed by atoms with Crippen LogP contribution in [-0.4, -0.2) is 37.2 Å². The molecule has 1 N–H and O–H groups in total. The fraction of sp³-hybridized carbons (Fsp3) is 0.625. The van der Waals surface area contributed by atoms with Crippen LogP contribution in [0.5, 0.6) is 5.75 Å². The Balaban J connectivity index is 2.01. The second-order valence-corrected chi connectivity index (χ2v) is 5.35. The lowest BCUT2D eigenvalue weighted by molar-refractivity contribution is 0.117. The molecule has 106 valence electrons. The largest absolute Gasteiger partial charge is 0.497 e. The lowest BCUT2D eigenvalue weighted by Gasteiger charge is -2.40. The summed E-state index contributed by atoms with van der Waals surface area (Å²) in [5, 5.41) is 3.64. The van der Waals surface area contributed by atoms with Crippen molar-refractivity contribution in [2.75, 3.05) is 20.2 Å². The van der Waals surface area contributed by atoms with Crippen LogP contribution in [0, 0.1) is 0 Å². The summed E-state index contributed by atoms with van der Waals surface area (Å²) in [7, 11) is 1.71. The van der Waals surface area contributed by atoms with E-state index >= 15 is 0 Å². The number of methoxy groups -OCH3 is 1. The summed E-state index contributed by atoms with van der Waals surface area (Å²) in [6, 6.07) is 9.75. The summed E-state index contributed by atoms with van der Waals surface area (Å²) >= 11 is 0. The Kier molecular flexibility index (Phi) is 5.23. The second kappa shape index (κ2) is 6.92. The molecule has 1 aromatic carbocycles. The molecular weight excluding hydrogens is 236 g/mol. The van der Waals surface area contributed by atoms with Gasteiger partial charge in [-0.25, -0.2) is 0 Å². The number of nitrogens with zero attached hydrogens (tertiary/aromatic N) is 1. The fourth-order valence-corrected chi connectivity index (χ4v) is 2.76. The first kappa shape index (κ1) is 14.4. The van der Waals surface area contributed by atoms with Crippen molar-refractivity contribution in [2.45, 2.75) is 45.3 Å². The molecule has 1 fully saturated rings. The summed E-state index contributed by atoms with van der Waals surface area (Å²) in [6.45, 7) is 7.85. The van der Waals surface area contributed by atoms with Crippen molar-refractivity contribution in [3.05, 3.63) is 29.8 Å². The fourth-order valence-electron chi connectivity index (χ4n) is 2.76. The lowest BCUT2D eigenvalue weighted by Crippen LogP contribution is -2.55. The molecule has 3 heteroatoms. The van der Waals surface area contributed by atoms with Crippen LogP contribution in [0.25, 0.3) is 0 Å². The van der Waals surface area contributed by atoms with Crippen molar-refractivity contribution in [1.82, 2.24) is 10.2 Å². The van der Waals surface area contributed by atoms with E-state index < -0.39 is 0 Å². The molecule has 0 spiro atoms. The Morgan fingerprint density at radius 1 is 1.21 bits per heavy atom. The number of nitrogens with one attached hydrogen (secondary N) is 1. The van der Waals surface area contributed by atoms with Gasteiger partial charge in [-0.15, -0.1) is 0 Å². The molecule has 19 heavy (non-hydrogen) atoms. The molecule has 2 unspecified atom stereocenters. The molecular formula is C16H26N2O. The predicted octanol–water partition coefficient (Wildman–Crippen LogP) is 2.66. The zero-order valence-corrected chi connectivity index (χ0v) is 12.4. The van der Waals surface area contributed by atoms with Crippen molar-refractivity contribution in [1.29, 1.82) is 0 Å².